The lowest BCUT2D eigenvalue weighted by molar-refractivity contribution is 0.411. The molecule has 2 rings (SSSR count). The maximum Gasteiger partial charge on any atom is 0.126 e. The van der Waals surface area contributed by atoms with Gasteiger partial charge in [0, 0.05) is 7.05 Å². The molecule has 0 saturated carbocycles. The quantitative estimate of drug-likeness (QED) is 0.492. The first-order valence-corrected chi connectivity index (χ1v) is 2.84. The fourth-order valence-corrected chi connectivity index (χ4v) is 0.732. The van der Waals surface area contributed by atoms with Crippen LogP contribution < -0.4 is 0 Å². The van der Waals surface area contributed by atoms with Crippen LogP contribution in [-0.2, 0) is 11.8 Å². The first-order valence-electron chi connectivity index (χ1n) is 2.84. The number of nitrogens with zero attached hydrogens (tertiary/aromatic N) is 3. The molecule has 4 heteroatoms. The molecule has 1 fully saturated rings. The summed E-state index contributed by atoms with van der Waals surface area (Å²) in [5.41, 5.74) is 0.942. The monoisotopic (exact) mass is 125 g/mol. The summed E-state index contributed by atoms with van der Waals surface area (Å²) in [6.07, 6.45) is 2.11. The average molecular weight is 125 g/mol. The van der Waals surface area contributed by atoms with Gasteiger partial charge in [0.25, 0.3) is 0 Å². The average Bonchev–Trinajstić information content (AvgIpc) is 2.58. The van der Waals surface area contributed by atoms with Crippen LogP contribution in [-0.4, -0.2) is 21.6 Å². The molecular weight excluding hydrogens is 118 g/mol. The molecule has 2 heterocycles. The standard InChI is InChI=1S/C5H7N3O/c1-8-2-4(6-7-8)5-3-9-5/h2,5H,3H2,1H3. The van der Waals surface area contributed by atoms with Gasteiger partial charge in [0.15, 0.2) is 0 Å². The summed E-state index contributed by atoms with van der Waals surface area (Å²) in [5, 5.41) is 7.63. The summed E-state index contributed by atoms with van der Waals surface area (Å²) in [5.74, 6) is 0. The molecule has 0 N–H and O–H groups in total. The maximum absolute atomic E-state index is 4.99. The van der Waals surface area contributed by atoms with Crippen molar-refractivity contribution < 1.29 is 4.74 Å². The summed E-state index contributed by atoms with van der Waals surface area (Å²) in [6, 6.07) is 0. The molecule has 1 unspecified atom stereocenters. The van der Waals surface area contributed by atoms with Gasteiger partial charge in [-0.25, -0.2) is 0 Å². The van der Waals surface area contributed by atoms with Gasteiger partial charge < -0.3 is 4.74 Å². The molecule has 48 valence electrons. The van der Waals surface area contributed by atoms with Crippen molar-refractivity contribution in [1.82, 2.24) is 15.0 Å². The van der Waals surface area contributed by atoms with Crippen molar-refractivity contribution >= 4 is 0 Å². The Balaban J connectivity index is 2.28. The number of aryl methyl sites for hydroxylation is 1. The van der Waals surface area contributed by atoms with E-state index in [0.29, 0.717) is 0 Å². The fraction of sp³-hybridized carbons (Fsp3) is 0.600. The minimum Gasteiger partial charge on any atom is -0.366 e. The Morgan fingerprint density at radius 1 is 1.89 bits per heavy atom. The Labute approximate surface area is 52.4 Å². The van der Waals surface area contributed by atoms with Crippen molar-refractivity contribution in [3.8, 4) is 0 Å². The summed E-state index contributed by atoms with van der Waals surface area (Å²) in [4.78, 5) is 0. The molecule has 1 aliphatic heterocycles. The van der Waals surface area contributed by atoms with Crippen LogP contribution in [0.1, 0.15) is 11.8 Å². The second-order valence-corrected chi connectivity index (χ2v) is 2.14. The molecule has 1 saturated heterocycles. The molecule has 1 aromatic heterocycles. The van der Waals surface area contributed by atoms with Gasteiger partial charge in [-0.1, -0.05) is 5.21 Å². The molecule has 1 atom stereocenters. The topological polar surface area (TPSA) is 43.2 Å². The van der Waals surface area contributed by atoms with E-state index in [1.807, 2.05) is 13.2 Å². The predicted molar refractivity (Wildman–Crippen MR) is 29.7 cm³/mol. The van der Waals surface area contributed by atoms with E-state index in [9.17, 15) is 0 Å². The van der Waals surface area contributed by atoms with Crippen LogP contribution in [0.25, 0.3) is 0 Å². The molecular formula is C5H7N3O. The van der Waals surface area contributed by atoms with Gasteiger partial charge in [-0.2, -0.15) is 0 Å². The third-order valence-corrected chi connectivity index (χ3v) is 1.28. The number of ether oxygens (including phenoxy) is 1. The van der Waals surface area contributed by atoms with Crippen molar-refractivity contribution in [3.05, 3.63) is 11.9 Å². The Morgan fingerprint density at radius 3 is 3.11 bits per heavy atom. The zero-order chi connectivity index (χ0) is 6.27. The Morgan fingerprint density at radius 2 is 2.67 bits per heavy atom. The summed E-state index contributed by atoms with van der Waals surface area (Å²) >= 11 is 0. The Kier molecular flexibility index (Phi) is 0.843. The van der Waals surface area contributed by atoms with Crippen molar-refractivity contribution in [1.29, 1.82) is 0 Å². The first-order chi connectivity index (χ1) is 4.36. The van der Waals surface area contributed by atoms with Gasteiger partial charge in [0.2, 0.25) is 0 Å². The Bertz CT molecular complexity index is 216. The molecule has 1 aliphatic rings. The van der Waals surface area contributed by atoms with E-state index in [2.05, 4.69) is 10.3 Å². The molecule has 0 spiro atoms. The lowest BCUT2D eigenvalue weighted by Gasteiger charge is -1.78. The highest BCUT2D eigenvalue weighted by atomic mass is 16.6. The Hall–Kier alpha value is -0.900. The number of rotatable bonds is 1. The summed E-state index contributed by atoms with van der Waals surface area (Å²) < 4.78 is 6.67. The second kappa shape index (κ2) is 1.54. The second-order valence-electron chi connectivity index (χ2n) is 2.14. The van der Waals surface area contributed by atoms with E-state index < -0.39 is 0 Å². The number of aromatic nitrogens is 3. The summed E-state index contributed by atoms with van der Waals surface area (Å²) in [6.45, 7) is 0.804. The molecule has 0 aliphatic carbocycles. The van der Waals surface area contributed by atoms with E-state index in [-0.39, 0.29) is 6.10 Å². The van der Waals surface area contributed by atoms with Crippen molar-refractivity contribution in [2.24, 2.45) is 7.05 Å². The number of epoxide rings is 1. The minimum atomic E-state index is 0.235. The zero-order valence-electron chi connectivity index (χ0n) is 5.11. The van der Waals surface area contributed by atoms with E-state index in [1.165, 1.54) is 0 Å². The first kappa shape index (κ1) is 4.93. The van der Waals surface area contributed by atoms with Crippen molar-refractivity contribution in [3.63, 3.8) is 0 Å². The normalized spacial score (nSPS) is 24.3. The van der Waals surface area contributed by atoms with Gasteiger partial charge in [0.05, 0.1) is 12.8 Å². The minimum absolute atomic E-state index is 0.235. The zero-order valence-corrected chi connectivity index (χ0v) is 5.11. The van der Waals surface area contributed by atoms with E-state index in [1.54, 1.807) is 4.68 Å². The third kappa shape index (κ3) is 0.810. The molecule has 0 aromatic carbocycles. The molecule has 1 aromatic rings. The number of hydrogen-bond donors (Lipinski definition) is 0. The smallest absolute Gasteiger partial charge is 0.126 e. The van der Waals surface area contributed by atoms with E-state index in [0.717, 1.165) is 12.3 Å². The van der Waals surface area contributed by atoms with Crippen LogP contribution in [0.5, 0.6) is 0 Å². The molecule has 0 bridgehead atoms. The van der Waals surface area contributed by atoms with Crippen LogP contribution in [0, 0.1) is 0 Å². The molecule has 4 nitrogen and oxygen atoms in total. The highest BCUT2D eigenvalue weighted by molar-refractivity contribution is 5.02. The SMILES string of the molecule is Cn1cc(C2CO2)nn1. The van der Waals surface area contributed by atoms with Crippen molar-refractivity contribution in [2.75, 3.05) is 6.61 Å². The van der Waals surface area contributed by atoms with Gasteiger partial charge in [-0.05, 0) is 0 Å². The molecule has 0 radical (unpaired) electrons. The molecule has 9 heavy (non-hydrogen) atoms. The van der Waals surface area contributed by atoms with Crippen LogP contribution in [0.15, 0.2) is 6.20 Å². The lowest BCUT2D eigenvalue weighted by atomic mass is 10.4. The largest absolute Gasteiger partial charge is 0.366 e. The molecule has 0 amide bonds. The number of hydrogen-bond acceptors (Lipinski definition) is 3. The third-order valence-electron chi connectivity index (χ3n) is 1.28. The van der Waals surface area contributed by atoms with Gasteiger partial charge in [-0.3, -0.25) is 4.68 Å². The van der Waals surface area contributed by atoms with Gasteiger partial charge >= 0.3 is 0 Å². The van der Waals surface area contributed by atoms with Gasteiger partial charge in [0.1, 0.15) is 11.8 Å². The van der Waals surface area contributed by atoms with Crippen LogP contribution in [0.4, 0.5) is 0 Å². The van der Waals surface area contributed by atoms with E-state index >= 15 is 0 Å². The van der Waals surface area contributed by atoms with Gasteiger partial charge in [-0.15, -0.1) is 5.10 Å². The van der Waals surface area contributed by atoms with Crippen LogP contribution in [0.3, 0.4) is 0 Å². The fourth-order valence-electron chi connectivity index (χ4n) is 0.732. The summed E-state index contributed by atoms with van der Waals surface area (Å²) in [7, 11) is 1.85. The maximum atomic E-state index is 4.99. The van der Waals surface area contributed by atoms with Crippen LogP contribution in [0.2, 0.25) is 0 Å². The van der Waals surface area contributed by atoms with Crippen LogP contribution >= 0.6 is 0 Å². The predicted octanol–water partition coefficient (Wildman–Crippen LogP) is -0.114. The highest BCUT2D eigenvalue weighted by Crippen LogP contribution is 2.26. The van der Waals surface area contributed by atoms with Crippen molar-refractivity contribution in [2.45, 2.75) is 6.10 Å². The van der Waals surface area contributed by atoms with E-state index in [4.69, 9.17) is 4.74 Å². The highest BCUT2D eigenvalue weighted by Gasteiger charge is 2.27. The lowest BCUT2D eigenvalue weighted by Crippen LogP contribution is -1.85.